The molecule has 1 amide bonds. The van der Waals surface area contributed by atoms with Crippen molar-refractivity contribution in [2.75, 3.05) is 6.54 Å². The second-order valence-corrected chi connectivity index (χ2v) is 5.28. The van der Waals surface area contributed by atoms with E-state index in [9.17, 15) is 4.79 Å². The maximum absolute atomic E-state index is 11.9. The Morgan fingerprint density at radius 2 is 2.05 bits per heavy atom. The molecule has 0 aliphatic carbocycles. The smallest absolute Gasteiger partial charge is 0.223 e. The molecule has 1 unspecified atom stereocenters. The zero-order chi connectivity index (χ0) is 13.8. The van der Waals surface area contributed by atoms with Crippen LogP contribution >= 0.6 is 0 Å². The number of nitrogens with zero attached hydrogens (tertiary/aromatic N) is 2. The Hall–Kier alpha value is -2.10. The normalized spacial score (nSPS) is 19.4. The molecule has 1 N–H and O–H groups in total. The van der Waals surface area contributed by atoms with Gasteiger partial charge in [0.15, 0.2) is 0 Å². The van der Waals surface area contributed by atoms with Gasteiger partial charge in [-0.15, -0.1) is 0 Å². The van der Waals surface area contributed by atoms with E-state index >= 15 is 0 Å². The van der Waals surface area contributed by atoms with E-state index in [1.54, 1.807) is 0 Å². The van der Waals surface area contributed by atoms with Crippen molar-refractivity contribution in [1.29, 1.82) is 0 Å². The molecule has 104 valence electrons. The highest BCUT2D eigenvalue weighted by Gasteiger charge is 2.21. The van der Waals surface area contributed by atoms with Gasteiger partial charge in [0.25, 0.3) is 0 Å². The summed E-state index contributed by atoms with van der Waals surface area (Å²) >= 11 is 0. The largest absolute Gasteiger partial charge is 0.356 e. The number of amides is 1. The lowest BCUT2D eigenvalue weighted by molar-refractivity contribution is -0.124. The van der Waals surface area contributed by atoms with Crippen molar-refractivity contribution >= 4 is 5.91 Å². The number of para-hydroxylation sites is 1. The van der Waals surface area contributed by atoms with Gasteiger partial charge < -0.3 is 5.32 Å². The van der Waals surface area contributed by atoms with Crippen LogP contribution in [0.5, 0.6) is 0 Å². The van der Waals surface area contributed by atoms with E-state index in [0.717, 1.165) is 43.6 Å². The van der Waals surface area contributed by atoms with Gasteiger partial charge in [0.1, 0.15) is 0 Å². The minimum absolute atomic E-state index is 0.0663. The zero-order valence-corrected chi connectivity index (χ0v) is 11.5. The van der Waals surface area contributed by atoms with Crippen LogP contribution in [0.25, 0.3) is 5.69 Å². The Balaban J connectivity index is 1.72. The number of aromatic nitrogens is 2. The van der Waals surface area contributed by atoms with Crippen molar-refractivity contribution in [3.63, 3.8) is 0 Å². The molecule has 1 aliphatic rings. The second kappa shape index (κ2) is 5.90. The number of hydrogen-bond acceptors (Lipinski definition) is 2. The van der Waals surface area contributed by atoms with Crippen LogP contribution in [-0.2, 0) is 11.2 Å². The highest BCUT2D eigenvalue weighted by molar-refractivity contribution is 5.79. The van der Waals surface area contributed by atoms with Crippen LogP contribution in [0.2, 0.25) is 0 Å². The van der Waals surface area contributed by atoms with E-state index in [1.807, 2.05) is 47.3 Å². The molecule has 4 nitrogen and oxygen atoms in total. The summed E-state index contributed by atoms with van der Waals surface area (Å²) in [4.78, 5) is 11.9. The average Bonchev–Trinajstić information content (AvgIpc) is 2.86. The molecule has 0 saturated carbocycles. The standard InChI is InChI=1S/C16H19N3O/c20-16-13(6-4-5-10-17-16)12-14-9-11-19(18-14)15-7-2-1-3-8-15/h1-3,7-9,11,13H,4-6,10,12H2,(H,17,20). The number of benzene rings is 1. The quantitative estimate of drug-likeness (QED) is 0.929. The van der Waals surface area contributed by atoms with Crippen molar-refractivity contribution in [2.45, 2.75) is 25.7 Å². The summed E-state index contributed by atoms with van der Waals surface area (Å²) in [6, 6.07) is 12.0. The summed E-state index contributed by atoms with van der Waals surface area (Å²) in [5.41, 5.74) is 2.03. The highest BCUT2D eigenvalue weighted by Crippen LogP contribution is 2.17. The fourth-order valence-corrected chi connectivity index (χ4v) is 2.65. The van der Waals surface area contributed by atoms with Gasteiger partial charge in [0.2, 0.25) is 5.91 Å². The van der Waals surface area contributed by atoms with Crippen molar-refractivity contribution in [1.82, 2.24) is 15.1 Å². The third kappa shape index (κ3) is 2.90. The predicted molar refractivity (Wildman–Crippen MR) is 77.6 cm³/mol. The molecule has 1 aliphatic heterocycles. The highest BCUT2D eigenvalue weighted by atomic mass is 16.1. The third-order valence-electron chi connectivity index (χ3n) is 3.77. The fourth-order valence-electron chi connectivity index (χ4n) is 2.65. The topological polar surface area (TPSA) is 46.9 Å². The van der Waals surface area contributed by atoms with E-state index in [4.69, 9.17) is 0 Å². The Morgan fingerprint density at radius 1 is 1.20 bits per heavy atom. The van der Waals surface area contributed by atoms with Gasteiger partial charge in [-0.2, -0.15) is 5.10 Å². The van der Waals surface area contributed by atoms with Gasteiger partial charge in [-0.3, -0.25) is 4.79 Å². The lowest BCUT2D eigenvalue weighted by Gasteiger charge is -2.11. The molecular weight excluding hydrogens is 250 g/mol. The van der Waals surface area contributed by atoms with E-state index in [0.29, 0.717) is 0 Å². The summed E-state index contributed by atoms with van der Waals surface area (Å²) in [7, 11) is 0. The molecule has 1 atom stereocenters. The fraction of sp³-hybridized carbons (Fsp3) is 0.375. The Kier molecular flexibility index (Phi) is 3.81. The molecule has 1 fully saturated rings. The van der Waals surface area contributed by atoms with Crippen LogP contribution in [0.15, 0.2) is 42.6 Å². The first-order valence-electron chi connectivity index (χ1n) is 7.20. The lowest BCUT2D eigenvalue weighted by atomic mass is 9.97. The predicted octanol–water partition coefficient (Wildman–Crippen LogP) is 2.33. The summed E-state index contributed by atoms with van der Waals surface area (Å²) in [5, 5.41) is 7.56. The van der Waals surface area contributed by atoms with E-state index in [1.165, 1.54) is 0 Å². The summed E-state index contributed by atoms with van der Waals surface area (Å²) in [6.07, 6.45) is 5.85. The van der Waals surface area contributed by atoms with Crippen molar-refractivity contribution < 1.29 is 4.79 Å². The van der Waals surface area contributed by atoms with Gasteiger partial charge in [0.05, 0.1) is 11.4 Å². The van der Waals surface area contributed by atoms with Crippen LogP contribution in [0.1, 0.15) is 25.0 Å². The van der Waals surface area contributed by atoms with Gasteiger partial charge in [-0.25, -0.2) is 4.68 Å². The molecule has 2 heterocycles. The van der Waals surface area contributed by atoms with Crippen LogP contribution < -0.4 is 5.32 Å². The summed E-state index contributed by atoms with van der Waals surface area (Å²) in [6.45, 7) is 0.813. The summed E-state index contributed by atoms with van der Waals surface area (Å²) < 4.78 is 1.87. The number of carbonyl (C=O) groups is 1. The molecule has 1 aromatic heterocycles. The maximum Gasteiger partial charge on any atom is 0.223 e. The third-order valence-corrected chi connectivity index (χ3v) is 3.77. The van der Waals surface area contributed by atoms with Gasteiger partial charge in [-0.05, 0) is 31.0 Å². The van der Waals surface area contributed by atoms with Crippen molar-refractivity contribution in [3.8, 4) is 5.69 Å². The molecule has 1 saturated heterocycles. The molecule has 2 aromatic rings. The Morgan fingerprint density at radius 3 is 2.90 bits per heavy atom. The monoisotopic (exact) mass is 269 g/mol. The minimum atomic E-state index is 0.0663. The van der Waals surface area contributed by atoms with Gasteiger partial charge in [0, 0.05) is 25.1 Å². The number of carbonyl (C=O) groups excluding carboxylic acids is 1. The van der Waals surface area contributed by atoms with E-state index in [-0.39, 0.29) is 11.8 Å². The summed E-state index contributed by atoms with van der Waals surface area (Å²) in [5.74, 6) is 0.244. The van der Waals surface area contributed by atoms with Crippen LogP contribution in [0, 0.1) is 5.92 Å². The Labute approximate surface area is 118 Å². The SMILES string of the molecule is O=C1NCCCCC1Cc1ccn(-c2ccccc2)n1. The molecule has 3 rings (SSSR count). The van der Waals surface area contributed by atoms with Crippen LogP contribution in [-0.4, -0.2) is 22.2 Å². The van der Waals surface area contributed by atoms with Crippen LogP contribution in [0.4, 0.5) is 0 Å². The van der Waals surface area contributed by atoms with E-state index < -0.39 is 0 Å². The van der Waals surface area contributed by atoms with Crippen LogP contribution in [0.3, 0.4) is 0 Å². The first kappa shape index (κ1) is 12.9. The average molecular weight is 269 g/mol. The maximum atomic E-state index is 11.9. The number of nitrogens with one attached hydrogen (secondary N) is 1. The van der Waals surface area contributed by atoms with E-state index in [2.05, 4.69) is 10.4 Å². The molecule has 20 heavy (non-hydrogen) atoms. The molecule has 0 spiro atoms. The lowest BCUT2D eigenvalue weighted by Crippen LogP contribution is -2.30. The number of rotatable bonds is 3. The molecular formula is C16H19N3O. The minimum Gasteiger partial charge on any atom is -0.356 e. The van der Waals surface area contributed by atoms with Crippen molar-refractivity contribution in [3.05, 3.63) is 48.3 Å². The molecule has 0 radical (unpaired) electrons. The Bertz CT molecular complexity index is 576. The molecule has 4 heteroatoms. The number of hydrogen-bond donors (Lipinski definition) is 1. The molecule has 0 bridgehead atoms. The zero-order valence-electron chi connectivity index (χ0n) is 11.5. The first-order valence-corrected chi connectivity index (χ1v) is 7.20. The van der Waals surface area contributed by atoms with Gasteiger partial charge in [-0.1, -0.05) is 24.6 Å². The first-order chi connectivity index (χ1) is 9.83. The van der Waals surface area contributed by atoms with Crippen molar-refractivity contribution in [2.24, 2.45) is 5.92 Å². The van der Waals surface area contributed by atoms with Gasteiger partial charge >= 0.3 is 0 Å². The second-order valence-electron chi connectivity index (χ2n) is 5.28. The molecule has 1 aromatic carbocycles.